The Morgan fingerprint density at radius 2 is 1.62 bits per heavy atom. The van der Waals surface area contributed by atoms with Gasteiger partial charge in [0.05, 0.1) is 0 Å². The van der Waals surface area contributed by atoms with Crippen molar-refractivity contribution >= 4 is 11.6 Å². The second kappa shape index (κ2) is 6.31. The highest BCUT2D eigenvalue weighted by Gasteiger charge is 2.59. The molecule has 21 heavy (non-hydrogen) atoms. The van der Waals surface area contributed by atoms with Crippen LogP contribution in [0.2, 0.25) is 5.02 Å². The molecule has 0 aliphatic carbocycles. The van der Waals surface area contributed by atoms with E-state index in [0.717, 1.165) is 12.1 Å². The van der Waals surface area contributed by atoms with Crippen LogP contribution in [0.25, 0.3) is 0 Å². The first kappa shape index (κ1) is 17.9. The second-order valence-corrected chi connectivity index (χ2v) is 4.68. The number of nitrogens with one attached hydrogen (secondary N) is 1. The monoisotopic (exact) mass is 335 g/mol. The van der Waals surface area contributed by atoms with Crippen molar-refractivity contribution in [3.63, 3.8) is 0 Å². The van der Waals surface area contributed by atoms with E-state index in [9.17, 15) is 26.3 Å². The number of alkyl halides is 6. The Morgan fingerprint density at radius 1 is 1.10 bits per heavy atom. The maximum Gasteiger partial charge on any atom is 0.434 e. The molecule has 0 aliphatic heterocycles. The molecule has 0 fully saturated rings. The molecule has 0 radical (unpaired) electrons. The zero-order chi connectivity index (χ0) is 16.4. The van der Waals surface area contributed by atoms with Crippen LogP contribution in [0.5, 0.6) is 5.75 Å². The lowest BCUT2D eigenvalue weighted by molar-refractivity contribution is -0.299. The largest absolute Gasteiger partial charge is 0.471 e. The molecule has 0 saturated heterocycles. The summed E-state index contributed by atoms with van der Waals surface area (Å²) in [6.07, 6.45) is -15.0. The summed E-state index contributed by atoms with van der Waals surface area (Å²) in [6, 6.07) is 3.03. The lowest BCUT2D eigenvalue weighted by Gasteiger charge is -2.24. The van der Waals surface area contributed by atoms with Gasteiger partial charge in [0.2, 0.25) is 0 Å². The van der Waals surface area contributed by atoms with Crippen molar-refractivity contribution in [1.82, 2.24) is 5.32 Å². The third-order valence-electron chi connectivity index (χ3n) is 2.72. The average molecular weight is 336 g/mol. The number of hydrogen-bond donors (Lipinski definition) is 1. The molecule has 120 valence electrons. The fourth-order valence-corrected chi connectivity index (χ4v) is 1.88. The van der Waals surface area contributed by atoms with Gasteiger partial charge in [0, 0.05) is 11.1 Å². The molecule has 1 N–H and O–H groups in total. The Balaban J connectivity index is 3.04. The van der Waals surface area contributed by atoms with Crippen molar-refractivity contribution in [2.24, 2.45) is 0 Å². The van der Waals surface area contributed by atoms with Crippen LogP contribution in [-0.2, 0) is 0 Å². The van der Waals surface area contributed by atoms with Gasteiger partial charge in [0.1, 0.15) is 5.75 Å². The number of benzene rings is 1. The minimum atomic E-state index is -5.57. The minimum Gasteiger partial charge on any atom is -0.471 e. The maximum absolute atomic E-state index is 12.4. The minimum absolute atomic E-state index is 0.0115. The van der Waals surface area contributed by atoms with E-state index in [1.807, 2.05) is 0 Å². The summed E-state index contributed by atoms with van der Waals surface area (Å²) >= 11 is 5.83. The van der Waals surface area contributed by atoms with Gasteiger partial charge >= 0.3 is 12.4 Å². The topological polar surface area (TPSA) is 21.3 Å². The van der Waals surface area contributed by atoms with E-state index in [1.54, 1.807) is 14.0 Å². The van der Waals surface area contributed by atoms with Crippen molar-refractivity contribution < 1.29 is 31.1 Å². The lowest BCUT2D eigenvalue weighted by atomic mass is 10.1. The summed E-state index contributed by atoms with van der Waals surface area (Å²) in [5.41, 5.74) is 0.530. The van der Waals surface area contributed by atoms with Crippen LogP contribution >= 0.6 is 11.6 Å². The second-order valence-electron chi connectivity index (χ2n) is 4.27. The van der Waals surface area contributed by atoms with Crippen molar-refractivity contribution in [2.75, 3.05) is 7.05 Å². The summed E-state index contributed by atoms with van der Waals surface area (Å²) in [4.78, 5) is 0. The molecule has 0 aliphatic rings. The van der Waals surface area contributed by atoms with E-state index in [4.69, 9.17) is 11.6 Å². The first-order valence-electron chi connectivity index (χ1n) is 5.73. The Kier molecular flexibility index (Phi) is 5.38. The van der Waals surface area contributed by atoms with Crippen molar-refractivity contribution in [3.8, 4) is 5.75 Å². The maximum atomic E-state index is 12.4. The molecule has 1 unspecified atom stereocenters. The van der Waals surface area contributed by atoms with Gasteiger partial charge in [-0.05, 0) is 31.7 Å². The van der Waals surface area contributed by atoms with E-state index in [2.05, 4.69) is 10.1 Å². The molecule has 1 atom stereocenters. The smallest absolute Gasteiger partial charge is 0.434 e. The van der Waals surface area contributed by atoms with Crippen LogP contribution in [-0.4, -0.2) is 25.5 Å². The molecule has 2 nitrogen and oxygen atoms in total. The highest BCUT2D eigenvalue weighted by atomic mass is 35.5. The Bertz CT molecular complexity index is 474. The quantitative estimate of drug-likeness (QED) is 0.818. The summed E-state index contributed by atoms with van der Waals surface area (Å²) in [5.74, 6) is -0.605. The van der Waals surface area contributed by atoms with E-state index in [0.29, 0.717) is 5.56 Å². The molecule has 0 amide bonds. The standard InChI is InChI=1S/C12H12ClF6NO/c1-6(20-2)8-4-3-7(5-9(8)13)21-10(11(14,15)16)12(17,18)19/h3-6,10,20H,1-2H3. The van der Waals surface area contributed by atoms with Crippen LogP contribution in [0, 0.1) is 0 Å². The van der Waals surface area contributed by atoms with Crippen molar-refractivity contribution in [2.45, 2.75) is 31.4 Å². The van der Waals surface area contributed by atoms with Crippen LogP contribution < -0.4 is 10.1 Å². The molecule has 0 aromatic heterocycles. The molecule has 9 heteroatoms. The molecule has 1 aromatic carbocycles. The molecular formula is C12H12ClF6NO. The third-order valence-corrected chi connectivity index (χ3v) is 3.05. The molecular weight excluding hydrogens is 324 g/mol. The zero-order valence-electron chi connectivity index (χ0n) is 10.9. The fraction of sp³-hybridized carbons (Fsp3) is 0.500. The Morgan fingerprint density at radius 3 is 2.00 bits per heavy atom. The van der Waals surface area contributed by atoms with E-state index < -0.39 is 24.2 Å². The number of rotatable bonds is 4. The first-order valence-corrected chi connectivity index (χ1v) is 6.11. The summed E-state index contributed by atoms with van der Waals surface area (Å²) in [5, 5.41) is 2.86. The Labute approximate surface area is 122 Å². The summed E-state index contributed by atoms with van der Waals surface area (Å²) in [6.45, 7) is 1.73. The van der Waals surface area contributed by atoms with Crippen LogP contribution in [0.3, 0.4) is 0 Å². The van der Waals surface area contributed by atoms with E-state index in [-0.39, 0.29) is 11.1 Å². The van der Waals surface area contributed by atoms with Gasteiger partial charge in [0.25, 0.3) is 6.10 Å². The summed E-state index contributed by atoms with van der Waals surface area (Å²) in [7, 11) is 1.63. The van der Waals surface area contributed by atoms with Crippen molar-refractivity contribution in [3.05, 3.63) is 28.8 Å². The third kappa shape index (κ3) is 4.67. The van der Waals surface area contributed by atoms with Crippen LogP contribution in [0.4, 0.5) is 26.3 Å². The van der Waals surface area contributed by atoms with E-state index in [1.165, 1.54) is 6.07 Å². The Hall–Kier alpha value is -1.15. The molecule has 0 heterocycles. The predicted molar refractivity (Wildman–Crippen MR) is 65.5 cm³/mol. The molecule has 1 aromatic rings. The van der Waals surface area contributed by atoms with Crippen molar-refractivity contribution in [1.29, 1.82) is 0 Å². The van der Waals surface area contributed by atoms with Gasteiger partial charge in [-0.1, -0.05) is 17.7 Å². The molecule has 0 spiro atoms. The number of ether oxygens (including phenoxy) is 1. The highest BCUT2D eigenvalue weighted by Crippen LogP contribution is 2.37. The van der Waals surface area contributed by atoms with Gasteiger partial charge in [-0.15, -0.1) is 0 Å². The average Bonchev–Trinajstić information content (AvgIpc) is 2.32. The molecule has 0 bridgehead atoms. The SMILES string of the molecule is CNC(C)c1ccc(OC(C(F)(F)F)C(F)(F)F)cc1Cl. The van der Waals surface area contributed by atoms with Gasteiger partial charge in [-0.2, -0.15) is 26.3 Å². The number of halogens is 7. The lowest BCUT2D eigenvalue weighted by Crippen LogP contribution is -2.46. The van der Waals surface area contributed by atoms with Crippen LogP contribution in [0.15, 0.2) is 18.2 Å². The predicted octanol–water partition coefficient (Wildman–Crippen LogP) is 4.49. The molecule has 0 saturated carbocycles. The van der Waals surface area contributed by atoms with E-state index >= 15 is 0 Å². The first-order chi connectivity index (χ1) is 9.46. The van der Waals surface area contributed by atoms with Gasteiger partial charge < -0.3 is 10.1 Å². The molecule has 1 rings (SSSR count). The van der Waals surface area contributed by atoms with Gasteiger partial charge in [-0.25, -0.2) is 0 Å². The number of hydrogen-bond acceptors (Lipinski definition) is 2. The zero-order valence-corrected chi connectivity index (χ0v) is 11.7. The van der Waals surface area contributed by atoms with Crippen LogP contribution in [0.1, 0.15) is 18.5 Å². The van der Waals surface area contributed by atoms with Gasteiger partial charge in [-0.3, -0.25) is 0 Å². The fourth-order valence-electron chi connectivity index (χ4n) is 1.54. The normalized spacial score (nSPS) is 14.4. The van der Waals surface area contributed by atoms with Gasteiger partial charge in [0.15, 0.2) is 0 Å². The summed E-state index contributed by atoms with van der Waals surface area (Å²) < 4.78 is 78.3. The highest BCUT2D eigenvalue weighted by molar-refractivity contribution is 6.31.